The minimum atomic E-state index is -0.183. The van der Waals surface area contributed by atoms with Gasteiger partial charge in [0.1, 0.15) is 12.2 Å². The Labute approximate surface area is 233 Å². The lowest BCUT2D eigenvalue weighted by Gasteiger charge is -2.52. The third kappa shape index (κ3) is 9.15. The van der Waals surface area contributed by atoms with E-state index in [0.717, 1.165) is 63.5 Å². The lowest BCUT2D eigenvalue weighted by atomic mass is 9.80. The highest BCUT2D eigenvalue weighted by Crippen LogP contribution is 2.42. The Morgan fingerprint density at radius 3 is 1.81 bits per heavy atom. The molecular formula is C30H57N3O3S. The fraction of sp³-hybridized carbons (Fsp3) is 0.900. The van der Waals surface area contributed by atoms with Gasteiger partial charge in [0.15, 0.2) is 0 Å². The molecule has 0 aromatic carbocycles. The van der Waals surface area contributed by atoms with E-state index in [1.807, 2.05) is 5.01 Å². The minimum absolute atomic E-state index is 0.0132. The molecule has 0 amide bonds. The molecule has 0 aromatic rings. The maximum absolute atomic E-state index is 12.4. The molecule has 2 N–H and O–H groups in total. The van der Waals surface area contributed by atoms with Crippen LogP contribution in [0.2, 0.25) is 0 Å². The maximum Gasteiger partial charge on any atom is 0.306 e. The van der Waals surface area contributed by atoms with Crippen molar-refractivity contribution in [2.24, 2.45) is 11.8 Å². The number of thiol groups is 1. The van der Waals surface area contributed by atoms with Gasteiger partial charge < -0.3 is 9.47 Å². The second-order valence-electron chi connectivity index (χ2n) is 14.3. The van der Waals surface area contributed by atoms with Crippen LogP contribution in [0.15, 0.2) is 12.3 Å². The summed E-state index contributed by atoms with van der Waals surface area (Å²) in [5, 5.41) is 1.92. The zero-order valence-corrected chi connectivity index (χ0v) is 26.3. The van der Waals surface area contributed by atoms with E-state index in [1.165, 1.54) is 6.42 Å². The predicted octanol–water partition coefficient (Wildman–Crippen LogP) is 7.19. The van der Waals surface area contributed by atoms with Gasteiger partial charge in [-0.2, -0.15) is 0 Å². The Hall–Kier alpha value is -0.760. The maximum atomic E-state index is 12.4. The average Bonchev–Trinajstić information content (AvgIpc) is 2.74. The zero-order valence-electron chi connectivity index (χ0n) is 25.4. The summed E-state index contributed by atoms with van der Waals surface area (Å²) in [4.78, 5) is 12.4. The minimum Gasteiger partial charge on any atom is -0.495 e. The van der Waals surface area contributed by atoms with Crippen LogP contribution in [0, 0.1) is 5.92 Å². The standard InChI is InChI=1S/C30H57N3O3S/c1-22(23(2)35-24-20-29(7,8)33(37)30(9,10)21-24)16-14-12-11-13-15-17-26(34)36-25-18-27(3,4)32(31)28(5,6)19-25/h22,24-25,37H,2,11-21,31H2,1,3-10H3. The van der Waals surface area contributed by atoms with E-state index < -0.39 is 0 Å². The molecule has 2 aliphatic heterocycles. The fourth-order valence-corrected chi connectivity index (χ4v) is 6.70. The number of carbonyl (C=O) groups excluding carboxylic acids is 1. The molecule has 37 heavy (non-hydrogen) atoms. The third-order valence-electron chi connectivity index (χ3n) is 8.54. The van der Waals surface area contributed by atoms with E-state index in [1.54, 1.807) is 0 Å². The van der Waals surface area contributed by atoms with Crippen LogP contribution in [0.5, 0.6) is 0 Å². The molecule has 2 fully saturated rings. The van der Waals surface area contributed by atoms with Crippen LogP contribution < -0.4 is 5.84 Å². The van der Waals surface area contributed by atoms with Crippen molar-refractivity contribution in [3.05, 3.63) is 12.3 Å². The number of ether oxygens (including phenoxy) is 2. The number of esters is 1. The molecule has 0 saturated carbocycles. The Balaban J connectivity index is 1.60. The molecule has 0 aromatic heterocycles. The van der Waals surface area contributed by atoms with Crippen molar-refractivity contribution in [2.75, 3.05) is 0 Å². The molecule has 0 spiro atoms. The molecule has 7 heteroatoms. The number of nitrogens with zero attached hydrogens (tertiary/aromatic N) is 2. The summed E-state index contributed by atoms with van der Waals surface area (Å²) in [6, 6.07) is 0. The van der Waals surface area contributed by atoms with Gasteiger partial charge in [-0.05, 0) is 68.2 Å². The highest BCUT2D eigenvalue weighted by atomic mass is 32.1. The van der Waals surface area contributed by atoms with Crippen LogP contribution in [0.3, 0.4) is 0 Å². The molecule has 2 aliphatic rings. The van der Waals surface area contributed by atoms with E-state index >= 15 is 0 Å². The topological polar surface area (TPSA) is 68.0 Å². The van der Waals surface area contributed by atoms with Gasteiger partial charge in [-0.15, -0.1) is 0 Å². The van der Waals surface area contributed by atoms with Gasteiger partial charge in [-0.1, -0.05) is 52.0 Å². The van der Waals surface area contributed by atoms with E-state index in [0.29, 0.717) is 12.3 Å². The molecule has 0 aliphatic carbocycles. The monoisotopic (exact) mass is 539 g/mol. The van der Waals surface area contributed by atoms with Crippen LogP contribution in [-0.2, 0) is 14.3 Å². The molecule has 2 saturated heterocycles. The number of rotatable bonds is 12. The van der Waals surface area contributed by atoms with Crippen molar-refractivity contribution in [3.8, 4) is 0 Å². The normalized spacial score (nSPS) is 24.9. The Morgan fingerprint density at radius 1 is 0.838 bits per heavy atom. The van der Waals surface area contributed by atoms with Gasteiger partial charge in [-0.25, -0.2) is 9.31 Å². The number of allylic oxidation sites excluding steroid dienone is 1. The van der Waals surface area contributed by atoms with Gasteiger partial charge in [0, 0.05) is 60.2 Å². The number of hydrogen-bond donors (Lipinski definition) is 2. The highest BCUT2D eigenvalue weighted by molar-refractivity contribution is 7.77. The van der Waals surface area contributed by atoms with Crippen molar-refractivity contribution in [1.82, 2.24) is 9.31 Å². The molecule has 216 valence electrons. The van der Waals surface area contributed by atoms with Crippen molar-refractivity contribution < 1.29 is 14.3 Å². The fourth-order valence-electron chi connectivity index (χ4n) is 6.53. The van der Waals surface area contributed by atoms with Crippen molar-refractivity contribution in [2.45, 2.75) is 167 Å². The summed E-state index contributed by atoms with van der Waals surface area (Å²) in [7, 11) is 0. The lowest BCUT2D eigenvalue weighted by molar-refractivity contribution is -0.160. The van der Waals surface area contributed by atoms with E-state index in [-0.39, 0.29) is 40.3 Å². The first-order chi connectivity index (χ1) is 16.9. The highest BCUT2D eigenvalue weighted by Gasteiger charge is 2.46. The molecule has 1 unspecified atom stereocenters. The van der Waals surface area contributed by atoms with Crippen molar-refractivity contribution >= 4 is 18.8 Å². The largest absolute Gasteiger partial charge is 0.495 e. The van der Waals surface area contributed by atoms with Gasteiger partial charge >= 0.3 is 5.97 Å². The first-order valence-corrected chi connectivity index (χ1v) is 14.9. The smallest absolute Gasteiger partial charge is 0.306 e. The number of unbranched alkanes of at least 4 members (excludes halogenated alkanes) is 4. The summed E-state index contributed by atoms with van der Waals surface area (Å²) in [5.41, 5.74) is -0.393. The number of carbonyl (C=O) groups is 1. The van der Waals surface area contributed by atoms with Gasteiger partial charge in [0.25, 0.3) is 0 Å². The SMILES string of the molecule is C=C(OC1CC(C)(C)N(S)C(C)(C)C1)C(C)CCCCCCCC(=O)OC1CC(C)(C)N(N)C(C)(C)C1. The second-order valence-corrected chi connectivity index (χ2v) is 14.7. The zero-order chi connectivity index (χ0) is 28.2. The first-order valence-electron chi connectivity index (χ1n) is 14.5. The molecule has 1 atom stereocenters. The number of piperidine rings is 2. The Bertz CT molecular complexity index is 744. The summed E-state index contributed by atoms with van der Waals surface area (Å²) in [5.74, 6) is 7.50. The summed E-state index contributed by atoms with van der Waals surface area (Å²) < 4.78 is 14.4. The molecule has 2 rings (SSSR count). The van der Waals surface area contributed by atoms with Crippen LogP contribution in [0.25, 0.3) is 0 Å². The number of hydrogen-bond acceptors (Lipinski definition) is 7. The van der Waals surface area contributed by atoms with Crippen molar-refractivity contribution in [3.63, 3.8) is 0 Å². The number of hydrazine groups is 1. The number of nitrogens with two attached hydrogens (primary N) is 1. The Morgan fingerprint density at radius 2 is 1.27 bits per heavy atom. The summed E-state index contributed by atoms with van der Waals surface area (Å²) in [6.07, 6.45) is 10.6. The van der Waals surface area contributed by atoms with Crippen LogP contribution >= 0.6 is 12.8 Å². The van der Waals surface area contributed by atoms with E-state index in [2.05, 4.69) is 73.2 Å². The van der Waals surface area contributed by atoms with Crippen LogP contribution in [0.4, 0.5) is 0 Å². The summed E-state index contributed by atoms with van der Waals surface area (Å²) >= 11 is 4.76. The molecule has 0 radical (unpaired) electrons. The molecule has 6 nitrogen and oxygen atoms in total. The quantitative estimate of drug-likeness (QED) is 0.0899. The van der Waals surface area contributed by atoms with E-state index in [9.17, 15) is 4.79 Å². The van der Waals surface area contributed by atoms with Gasteiger partial charge in [0.05, 0.1) is 5.76 Å². The van der Waals surface area contributed by atoms with Gasteiger partial charge in [-0.3, -0.25) is 10.6 Å². The van der Waals surface area contributed by atoms with Crippen molar-refractivity contribution in [1.29, 1.82) is 0 Å². The Kier molecular flexibility index (Phi) is 11.1. The molecule has 0 bridgehead atoms. The van der Waals surface area contributed by atoms with E-state index in [4.69, 9.17) is 28.1 Å². The van der Waals surface area contributed by atoms with Crippen LogP contribution in [-0.4, -0.2) is 49.6 Å². The first kappa shape index (κ1) is 32.5. The second kappa shape index (κ2) is 12.6. The molecule has 2 heterocycles. The predicted molar refractivity (Wildman–Crippen MR) is 157 cm³/mol. The molecular weight excluding hydrogens is 482 g/mol. The average molecular weight is 540 g/mol. The summed E-state index contributed by atoms with van der Waals surface area (Å²) in [6.45, 7) is 23.9. The third-order valence-corrected chi connectivity index (χ3v) is 9.63. The van der Waals surface area contributed by atoms with Gasteiger partial charge in [0.2, 0.25) is 0 Å². The lowest BCUT2D eigenvalue weighted by Crippen LogP contribution is -2.65. The van der Waals surface area contributed by atoms with Crippen LogP contribution in [0.1, 0.15) is 133 Å².